The maximum atomic E-state index is 11.8. The molecular weight excluding hydrogens is 264 g/mol. The molecule has 0 saturated carbocycles. The van der Waals surface area contributed by atoms with Crippen molar-refractivity contribution >= 4 is 35.0 Å². The summed E-state index contributed by atoms with van der Waals surface area (Å²) in [5.41, 5.74) is 1.08. The smallest absolute Gasteiger partial charge is 0.346 e. The van der Waals surface area contributed by atoms with Crippen LogP contribution in [-0.4, -0.2) is 23.9 Å². The van der Waals surface area contributed by atoms with Crippen LogP contribution in [-0.2, 0) is 19.1 Å². The highest BCUT2D eigenvalue weighted by atomic mass is 16.6. The van der Waals surface area contributed by atoms with Gasteiger partial charge in [0.1, 0.15) is 0 Å². The van der Waals surface area contributed by atoms with Crippen LogP contribution in [0, 0.1) is 0 Å². The number of benzene rings is 1. The predicted molar refractivity (Wildman–Crippen MR) is 62.6 cm³/mol. The molecule has 1 aromatic carbocycles. The Labute approximate surface area is 111 Å². The maximum absolute atomic E-state index is 11.8. The zero-order valence-corrected chi connectivity index (χ0v) is 10.0. The second-order valence-electron chi connectivity index (χ2n) is 4.72. The van der Waals surface area contributed by atoms with Gasteiger partial charge >= 0.3 is 23.9 Å². The van der Waals surface area contributed by atoms with Crippen molar-refractivity contribution < 1.29 is 28.7 Å². The lowest BCUT2D eigenvalue weighted by atomic mass is 9.86. The third kappa shape index (κ3) is 1.18. The van der Waals surface area contributed by atoms with Gasteiger partial charge in [0.15, 0.2) is 0 Å². The molecule has 0 amide bonds. The molecule has 2 aliphatic heterocycles. The maximum Gasteiger partial charge on any atom is 0.346 e. The molecule has 6 nitrogen and oxygen atoms in total. The van der Waals surface area contributed by atoms with Crippen molar-refractivity contribution in [1.29, 1.82) is 0 Å². The van der Waals surface area contributed by atoms with E-state index < -0.39 is 23.9 Å². The molecule has 0 bridgehead atoms. The van der Waals surface area contributed by atoms with E-state index in [0.717, 1.165) is 0 Å². The number of ether oxygens (including phenoxy) is 2. The summed E-state index contributed by atoms with van der Waals surface area (Å²) < 4.78 is 9.32. The molecule has 0 radical (unpaired) electrons. The summed E-state index contributed by atoms with van der Waals surface area (Å²) in [6, 6.07) is 2.84. The van der Waals surface area contributed by atoms with Gasteiger partial charge in [-0.2, -0.15) is 0 Å². The van der Waals surface area contributed by atoms with Gasteiger partial charge in [-0.15, -0.1) is 0 Å². The average molecular weight is 270 g/mol. The molecule has 0 spiro atoms. The Morgan fingerprint density at radius 3 is 1.45 bits per heavy atom. The topological polar surface area (TPSA) is 86.7 Å². The molecule has 98 valence electrons. The van der Waals surface area contributed by atoms with Gasteiger partial charge in [0.2, 0.25) is 0 Å². The van der Waals surface area contributed by atoms with E-state index >= 15 is 0 Å². The van der Waals surface area contributed by atoms with Crippen molar-refractivity contribution in [2.75, 3.05) is 0 Å². The number of hydrogen-bond donors (Lipinski definition) is 0. The lowest BCUT2D eigenvalue weighted by molar-refractivity contribution is -0.133. The van der Waals surface area contributed by atoms with Crippen LogP contribution in [0.5, 0.6) is 0 Å². The number of esters is 4. The van der Waals surface area contributed by atoms with Gasteiger partial charge in [0, 0.05) is 21.6 Å². The highest BCUT2D eigenvalue weighted by molar-refractivity contribution is 6.24. The Morgan fingerprint density at radius 2 is 1.05 bits per heavy atom. The fourth-order valence-corrected chi connectivity index (χ4v) is 2.88. The quantitative estimate of drug-likeness (QED) is 0.452. The van der Waals surface area contributed by atoms with E-state index in [1.807, 2.05) is 0 Å². The number of carbonyl (C=O) groups excluding carboxylic acids is 4. The molecule has 2 heterocycles. The highest BCUT2D eigenvalue weighted by Crippen LogP contribution is 2.23. The lowest BCUT2D eigenvalue weighted by Crippen LogP contribution is -2.49. The van der Waals surface area contributed by atoms with E-state index in [1.54, 1.807) is 0 Å². The van der Waals surface area contributed by atoms with Crippen LogP contribution >= 0.6 is 0 Å². The van der Waals surface area contributed by atoms with Gasteiger partial charge in [-0.05, 0) is 25.0 Å². The molecular formula is C14H6O6. The number of hydrogen-bond acceptors (Lipinski definition) is 6. The van der Waals surface area contributed by atoms with Gasteiger partial charge in [0.05, 0.1) is 11.1 Å². The normalized spacial score (nSPS) is 19.6. The summed E-state index contributed by atoms with van der Waals surface area (Å²) in [7, 11) is 0. The van der Waals surface area contributed by atoms with Crippen LogP contribution in [0.25, 0.3) is 11.1 Å². The predicted octanol–water partition coefficient (Wildman–Crippen LogP) is -0.824. The highest BCUT2D eigenvalue weighted by Gasteiger charge is 2.36. The fraction of sp³-hybridized carbons (Fsp3) is 0.143. The van der Waals surface area contributed by atoms with E-state index in [4.69, 9.17) is 0 Å². The first-order valence-corrected chi connectivity index (χ1v) is 6.00. The molecule has 0 N–H and O–H groups in total. The van der Waals surface area contributed by atoms with Crippen molar-refractivity contribution in [2.24, 2.45) is 0 Å². The summed E-state index contributed by atoms with van der Waals surface area (Å²) >= 11 is 0. The molecule has 0 unspecified atom stereocenters. The van der Waals surface area contributed by atoms with Crippen molar-refractivity contribution in [3.05, 3.63) is 33.7 Å². The fourth-order valence-electron chi connectivity index (χ4n) is 2.88. The molecule has 0 aromatic heterocycles. The van der Waals surface area contributed by atoms with Crippen molar-refractivity contribution in [3.8, 4) is 0 Å². The van der Waals surface area contributed by atoms with E-state index in [0.29, 0.717) is 21.6 Å². The Bertz CT molecular complexity index is 801. The Kier molecular flexibility index (Phi) is 1.89. The van der Waals surface area contributed by atoms with Crippen molar-refractivity contribution in [3.63, 3.8) is 0 Å². The molecule has 0 fully saturated rings. The molecule has 6 heteroatoms. The van der Waals surface area contributed by atoms with Crippen molar-refractivity contribution in [1.82, 2.24) is 0 Å². The zero-order valence-electron chi connectivity index (χ0n) is 10.0. The SMILES string of the molecule is O=C1OC(=O)c2ccc3c4c2=C1CCC=4C(=O)OC3=O. The van der Waals surface area contributed by atoms with Crippen LogP contribution in [0.4, 0.5) is 0 Å². The van der Waals surface area contributed by atoms with Gasteiger partial charge in [-0.1, -0.05) is 0 Å². The summed E-state index contributed by atoms with van der Waals surface area (Å²) in [5.74, 6) is -2.93. The second-order valence-corrected chi connectivity index (χ2v) is 4.72. The van der Waals surface area contributed by atoms with Crippen LogP contribution in [0.15, 0.2) is 12.1 Å². The molecule has 0 atom stereocenters. The van der Waals surface area contributed by atoms with E-state index in [-0.39, 0.29) is 24.0 Å². The molecule has 3 aliphatic rings. The Hall–Kier alpha value is -2.76. The second kappa shape index (κ2) is 3.41. The molecule has 20 heavy (non-hydrogen) atoms. The third-order valence-electron chi connectivity index (χ3n) is 3.74. The minimum Gasteiger partial charge on any atom is -0.386 e. The Morgan fingerprint density at radius 1 is 0.650 bits per heavy atom. The number of carbonyl (C=O) groups is 4. The first-order chi connectivity index (χ1) is 9.58. The number of cyclic esters (lactones) is 4. The largest absolute Gasteiger partial charge is 0.386 e. The van der Waals surface area contributed by atoms with Crippen LogP contribution in [0.3, 0.4) is 0 Å². The van der Waals surface area contributed by atoms with Crippen LogP contribution < -0.4 is 10.4 Å². The molecule has 1 aliphatic carbocycles. The van der Waals surface area contributed by atoms with Crippen molar-refractivity contribution in [2.45, 2.75) is 12.8 Å². The average Bonchev–Trinajstić information content (AvgIpc) is 2.42. The Balaban J connectivity index is 2.32. The van der Waals surface area contributed by atoms with E-state index in [2.05, 4.69) is 9.47 Å². The van der Waals surface area contributed by atoms with Crippen LogP contribution in [0.1, 0.15) is 33.6 Å². The van der Waals surface area contributed by atoms with Gasteiger partial charge < -0.3 is 9.47 Å². The van der Waals surface area contributed by atoms with Gasteiger partial charge in [-0.3, -0.25) is 0 Å². The van der Waals surface area contributed by atoms with Gasteiger partial charge in [0.25, 0.3) is 0 Å². The minimum absolute atomic E-state index is 0.207. The standard InChI is InChI=1S/C14H6O6/c15-11-5-1-2-6-10-8(14(18)20-12(6)16)4-3-7(9(5)10)13(17)19-11/h1-2H,3-4H2. The van der Waals surface area contributed by atoms with E-state index in [1.165, 1.54) is 12.1 Å². The monoisotopic (exact) mass is 270 g/mol. The minimum atomic E-state index is -0.760. The van der Waals surface area contributed by atoms with Crippen LogP contribution in [0.2, 0.25) is 0 Å². The summed E-state index contributed by atoms with van der Waals surface area (Å²) in [5, 5.41) is 0.713. The number of rotatable bonds is 0. The first-order valence-electron chi connectivity index (χ1n) is 6.00. The third-order valence-corrected chi connectivity index (χ3v) is 3.74. The summed E-state index contributed by atoms with van der Waals surface area (Å²) in [6.07, 6.45) is 0.572. The first kappa shape index (κ1) is 11.1. The molecule has 4 rings (SSSR count). The summed E-state index contributed by atoms with van der Waals surface area (Å²) in [4.78, 5) is 47.1. The lowest BCUT2D eigenvalue weighted by Gasteiger charge is -2.23. The summed E-state index contributed by atoms with van der Waals surface area (Å²) in [6.45, 7) is 0. The van der Waals surface area contributed by atoms with Gasteiger partial charge in [-0.25, -0.2) is 19.2 Å². The molecule has 0 saturated heterocycles. The van der Waals surface area contributed by atoms with E-state index in [9.17, 15) is 19.2 Å². The molecule has 1 aromatic rings. The zero-order chi connectivity index (χ0) is 14.0.